The number of nitrogens with one attached hydrogen (secondary N) is 1. The molecule has 0 aliphatic rings. The van der Waals surface area contributed by atoms with E-state index in [0.717, 1.165) is 18.5 Å². The summed E-state index contributed by atoms with van der Waals surface area (Å²) in [6.45, 7) is 1.94. The van der Waals surface area contributed by atoms with Crippen LogP contribution >= 0.6 is 0 Å². The van der Waals surface area contributed by atoms with Crippen LogP contribution in [0.4, 0.5) is 5.82 Å². The predicted octanol–water partition coefficient (Wildman–Crippen LogP) is 0.926. The van der Waals surface area contributed by atoms with E-state index >= 15 is 0 Å². The average molecular weight is 195 g/mol. The highest BCUT2D eigenvalue weighted by Gasteiger charge is 1.99. The summed E-state index contributed by atoms with van der Waals surface area (Å²) in [5, 5.41) is 11.1. The van der Waals surface area contributed by atoms with E-state index in [1.54, 1.807) is 6.07 Å². The number of anilines is 1. The van der Waals surface area contributed by atoms with Gasteiger partial charge in [-0.1, -0.05) is 13.3 Å². The lowest BCUT2D eigenvalue weighted by molar-refractivity contribution is -0.134. The molecular formula is C9H13N3O2. The number of aliphatic carboxylic acids is 1. The first-order valence-corrected chi connectivity index (χ1v) is 4.49. The standard InChI is InChI=1S/C9H13N3O2/c1-2-3-7-4-8(12-6-11-7)10-5-9(13)14/h4,6H,2-3,5H2,1H3,(H,13,14)(H,10,11,12). The van der Waals surface area contributed by atoms with Crippen LogP contribution in [0.15, 0.2) is 12.4 Å². The summed E-state index contributed by atoms with van der Waals surface area (Å²) in [5.41, 5.74) is 0.926. The molecule has 5 heteroatoms. The third-order valence-corrected chi connectivity index (χ3v) is 1.65. The van der Waals surface area contributed by atoms with Crippen LogP contribution in [0.1, 0.15) is 19.0 Å². The molecule has 5 nitrogen and oxygen atoms in total. The molecular weight excluding hydrogens is 182 g/mol. The van der Waals surface area contributed by atoms with E-state index in [2.05, 4.69) is 22.2 Å². The second-order valence-corrected chi connectivity index (χ2v) is 2.89. The molecule has 1 rings (SSSR count). The minimum Gasteiger partial charge on any atom is -0.480 e. The van der Waals surface area contributed by atoms with Gasteiger partial charge in [0, 0.05) is 11.8 Å². The Labute approximate surface area is 82.2 Å². The normalized spacial score (nSPS) is 9.79. The number of aryl methyl sites for hydroxylation is 1. The van der Waals surface area contributed by atoms with E-state index < -0.39 is 5.97 Å². The lowest BCUT2D eigenvalue weighted by Crippen LogP contribution is -2.13. The number of carboxylic acids is 1. The first-order valence-electron chi connectivity index (χ1n) is 4.49. The molecule has 0 spiro atoms. The lowest BCUT2D eigenvalue weighted by atomic mass is 10.2. The Morgan fingerprint density at radius 1 is 1.57 bits per heavy atom. The van der Waals surface area contributed by atoms with Gasteiger partial charge in [-0.15, -0.1) is 0 Å². The van der Waals surface area contributed by atoms with E-state index in [0.29, 0.717) is 5.82 Å². The van der Waals surface area contributed by atoms with Crippen LogP contribution in [-0.2, 0) is 11.2 Å². The molecule has 0 bridgehead atoms. The number of carbonyl (C=O) groups is 1. The number of aromatic nitrogens is 2. The maximum absolute atomic E-state index is 10.3. The molecule has 0 radical (unpaired) electrons. The second-order valence-electron chi connectivity index (χ2n) is 2.89. The predicted molar refractivity (Wildman–Crippen MR) is 52.2 cm³/mol. The number of rotatable bonds is 5. The number of hydrogen-bond donors (Lipinski definition) is 2. The first kappa shape index (κ1) is 10.4. The van der Waals surface area contributed by atoms with Crippen molar-refractivity contribution in [1.29, 1.82) is 0 Å². The Hall–Kier alpha value is -1.65. The van der Waals surface area contributed by atoms with E-state index in [9.17, 15) is 4.79 Å². The SMILES string of the molecule is CCCc1cc(NCC(=O)O)ncn1. The van der Waals surface area contributed by atoms with E-state index in [1.165, 1.54) is 6.33 Å². The van der Waals surface area contributed by atoms with Crippen molar-refractivity contribution in [3.05, 3.63) is 18.1 Å². The highest BCUT2D eigenvalue weighted by atomic mass is 16.4. The number of hydrogen-bond acceptors (Lipinski definition) is 4. The van der Waals surface area contributed by atoms with Gasteiger partial charge < -0.3 is 10.4 Å². The average Bonchev–Trinajstić information content (AvgIpc) is 2.16. The third-order valence-electron chi connectivity index (χ3n) is 1.65. The zero-order chi connectivity index (χ0) is 10.4. The van der Waals surface area contributed by atoms with Gasteiger partial charge in [0.25, 0.3) is 0 Å². The smallest absolute Gasteiger partial charge is 0.322 e. The minimum atomic E-state index is -0.902. The van der Waals surface area contributed by atoms with Crippen LogP contribution in [0.3, 0.4) is 0 Å². The van der Waals surface area contributed by atoms with Gasteiger partial charge in [0.1, 0.15) is 18.7 Å². The molecule has 0 atom stereocenters. The van der Waals surface area contributed by atoms with E-state index in [1.807, 2.05) is 0 Å². The Kier molecular flexibility index (Phi) is 3.84. The molecule has 0 amide bonds. The summed E-state index contributed by atoms with van der Waals surface area (Å²) in [7, 11) is 0. The van der Waals surface area contributed by atoms with Crippen molar-refractivity contribution in [2.75, 3.05) is 11.9 Å². The van der Waals surface area contributed by atoms with Gasteiger partial charge >= 0.3 is 5.97 Å². The van der Waals surface area contributed by atoms with E-state index in [4.69, 9.17) is 5.11 Å². The molecule has 0 unspecified atom stereocenters. The summed E-state index contributed by atoms with van der Waals surface area (Å²) in [6, 6.07) is 1.77. The maximum Gasteiger partial charge on any atom is 0.322 e. The van der Waals surface area contributed by atoms with Crippen LogP contribution in [0.25, 0.3) is 0 Å². The van der Waals surface area contributed by atoms with Crippen molar-refractivity contribution < 1.29 is 9.90 Å². The van der Waals surface area contributed by atoms with Crippen LogP contribution in [0.5, 0.6) is 0 Å². The van der Waals surface area contributed by atoms with Gasteiger partial charge in [-0.3, -0.25) is 4.79 Å². The Balaban J connectivity index is 2.58. The molecule has 0 saturated heterocycles. The molecule has 0 saturated carbocycles. The fourth-order valence-corrected chi connectivity index (χ4v) is 1.05. The van der Waals surface area contributed by atoms with Crippen molar-refractivity contribution in [3.8, 4) is 0 Å². The van der Waals surface area contributed by atoms with Gasteiger partial charge in [0.2, 0.25) is 0 Å². The molecule has 1 aromatic rings. The Morgan fingerprint density at radius 2 is 2.36 bits per heavy atom. The number of nitrogens with zero attached hydrogens (tertiary/aromatic N) is 2. The zero-order valence-electron chi connectivity index (χ0n) is 8.03. The highest BCUT2D eigenvalue weighted by Crippen LogP contribution is 2.05. The highest BCUT2D eigenvalue weighted by molar-refractivity contribution is 5.72. The van der Waals surface area contributed by atoms with Crippen molar-refractivity contribution in [2.24, 2.45) is 0 Å². The van der Waals surface area contributed by atoms with Crippen molar-refractivity contribution in [1.82, 2.24) is 9.97 Å². The van der Waals surface area contributed by atoms with Gasteiger partial charge in [0.15, 0.2) is 0 Å². The first-order chi connectivity index (χ1) is 6.72. The van der Waals surface area contributed by atoms with Gasteiger partial charge in [-0.2, -0.15) is 0 Å². The largest absolute Gasteiger partial charge is 0.480 e. The molecule has 76 valence electrons. The van der Waals surface area contributed by atoms with Gasteiger partial charge in [0.05, 0.1) is 0 Å². The molecule has 1 heterocycles. The topological polar surface area (TPSA) is 75.1 Å². The van der Waals surface area contributed by atoms with Crippen LogP contribution in [-0.4, -0.2) is 27.6 Å². The summed E-state index contributed by atoms with van der Waals surface area (Å²) in [5.74, 6) is -0.341. The van der Waals surface area contributed by atoms with Crippen molar-refractivity contribution >= 4 is 11.8 Å². The fraction of sp³-hybridized carbons (Fsp3) is 0.444. The summed E-state index contributed by atoms with van der Waals surface area (Å²) < 4.78 is 0. The summed E-state index contributed by atoms with van der Waals surface area (Å²) in [6.07, 6.45) is 3.33. The van der Waals surface area contributed by atoms with E-state index in [-0.39, 0.29) is 6.54 Å². The molecule has 0 aliphatic carbocycles. The summed E-state index contributed by atoms with van der Waals surface area (Å²) >= 11 is 0. The molecule has 0 aromatic carbocycles. The zero-order valence-corrected chi connectivity index (χ0v) is 8.03. The number of carboxylic acid groups (broad SMARTS) is 1. The van der Waals surface area contributed by atoms with Crippen molar-refractivity contribution in [2.45, 2.75) is 19.8 Å². The molecule has 2 N–H and O–H groups in total. The van der Waals surface area contributed by atoms with Crippen LogP contribution in [0.2, 0.25) is 0 Å². The van der Waals surface area contributed by atoms with Gasteiger partial charge in [-0.25, -0.2) is 9.97 Å². The van der Waals surface area contributed by atoms with Crippen LogP contribution in [0, 0.1) is 0 Å². The molecule has 0 fully saturated rings. The third kappa shape index (κ3) is 3.38. The maximum atomic E-state index is 10.3. The molecule has 1 aromatic heterocycles. The lowest BCUT2D eigenvalue weighted by Gasteiger charge is -2.03. The summed E-state index contributed by atoms with van der Waals surface area (Å²) in [4.78, 5) is 18.2. The fourth-order valence-electron chi connectivity index (χ4n) is 1.05. The van der Waals surface area contributed by atoms with Gasteiger partial charge in [-0.05, 0) is 6.42 Å². The van der Waals surface area contributed by atoms with Crippen molar-refractivity contribution in [3.63, 3.8) is 0 Å². The molecule has 0 aliphatic heterocycles. The minimum absolute atomic E-state index is 0.122. The quantitative estimate of drug-likeness (QED) is 0.730. The second kappa shape index (κ2) is 5.16. The monoisotopic (exact) mass is 195 g/mol. The van der Waals surface area contributed by atoms with Crippen LogP contribution < -0.4 is 5.32 Å². The Morgan fingerprint density at radius 3 is 3.00 bits per heavy atom. The Bertz CT molecular complexity index is 315. The molecule has 14 heavy (non-hydrogen) atoms.